The van der Waals surface area contributed by atoms with Crippen LogP contribution in [0.2, 0.25) is 0 Å². The number of likely N-dealkylation sites (N-methyl/N-ethyl adjacent to an activating group) is 2. The van der Waals surface area contributed by atoms with E-state index >= 15 is 0 Å². The average Bonchev–Trinajstić information content (AvgIpc) is 2.84. The molecule has 0 aromatic carbocycles. The van der Waals surface area contributed by atoms with Crippen LogP contribution in [0.25, 0.3) is 0 Å². The normalized spacial score (nSPS) is 37.9. The number of hydrogen-bond donors (Lipinski definition) is 1. The SMILES string of the molecule is CCN1CCOC(C(=O)N(C)C2CC3CCC(C2)N3)C1. The molecule has 114 valence electrons. The lowest BCUT2D eigenvalue weighted by Gasteiger charge is -2.39. The van der Waals surface area contributed by atoms with Crippen molar-refractivity contribution in [3.8, 4) is 0 Å². The van der Waals surface area contributed by atoms with E-state index in [9.17, 15) is 4.79 Å². The van der Waals surface area contributed by atoms with Gasteiger partial charge in [-0.15, -0.1) is 0 Å². The maximum atomic E-state index is 12.6. The zero-order chi connectivity index (χ0) is 14.1. The summed E-state index contributed by atoms with van der Waals surface area (Å²) in [7, 11) is 1.96. The number of nitrogens with zero attached hydrogens (tertiary/aromatic N) is 2. The third-order valence-electron chi connectivity index (χ3n) is 5.22. The second-order valence-corrected chi connectivity index (χ2v) is 6.46. The van der Waals surface area contributed by atoms with Gasteiger partial charge in [0.2, 0.25) is 0 Å². The summed E-state index contributed by atoms with van der Waals surface area (Å²) in [5.41, 5.74) is 0. The highest BCUT2D eigenvalue weighted by atomic mass is 16.5. The number of carbonyl (C=O) groups is 1. The standard InChI is InChI=1S/C15H27N3O2/c1-3-18-6-7-20-14(10-18)15(19)17(2)13-8-11-4-5-12(9-13)16-11/h11-14,16H,3-10H2,1-2H3. The smallest absolute Gasteiger partial charge is 0.253 e. The van der Waals surface area contributed by atoms with E-state index in [0.29, 0.717) is 24.7 Å². The van der Waals surface area contributed by atoms with Crippen molar-refractivity contribution in [2.24, 2.45) is 0 Å². The molecule has 5 heteroatoms. The Labute approximate surface area is 121 Å². The molecular formula is C15H27N3O2. The third-order valence-corrected chi connectivity index (χ3v) is 5.22. The Bertz CT molecular complexity index is 351. The molecular weight excluding hydrogens is 254 g/mol. The fraction of sp³-hybridized carbons (Fsp3) is 0.933. The van der Waals surface area contributed by atoms with E-state index in [1.54, 1.807) is 0 Å². The van der Waals surface area contributed by atoms with Crippen LogP contribution in [0, 0.1) is 0 Å². The van der Waals surface area contributed by atoms with E-state index in [1.165, 1.54) is 12.8 Å². The Kier molecular flexibility index (Phi) is 4.29. The summed E-state index contributed by atoms with van der Waals surface area (Å²) in [4.78, 5) is 16.9. The summed E-state index contributed by atoms with van der Waals surface area (Å²) in [6, 6.07) is 1.63. The topological polar surface area (TPSA) is 44.8 Å². The molecule has 3 aliphatic heterocycles. The summed E-state index contributed by atoms with van der Waals surface area (Å²) in [5, 5.41) is 3.63. The molecule has 3 fully saturated rings. The van der Waals surface area contributed by atoms with E-state index in [0.717, 1.165) is 32.5 Å². The number of hydrogen-bond acceptors (Lipinski definition) is 4. The molecule has 0 aromatic heterocycles. The van der Waals surface area contributed by atoms with E-state index in [2.05, 4.69) is 17.1 Å². The number of morpholine rings is 1. The molecule has 2 bridgehead atoms. The molecule has 3 rings (SSSR count). The predicted molar refractivity (Wildman–Crippen MR) is 77.6 cm³/mol. The van der Waals surface area contributed by atoms with Gasteiger partial charge in [-0.1, -0.05) is 6.92 Å². The largest absolute Gasteiger partial charge is 0.366 e. The minimum absolute atomic E-state index is 0.175. The lowest BCUT2D eigenvalue weighted by Crippen LogP contribution is -2.55. The van der Waals surface area contributed by atoms with Crippen LogP contribution in [0.15, 0.2) is 0 Å². The maximum Gasteiger partial charge on any atom is 0.253 e. The molecule has 3 heterocycles. The minimum atomic E-state index is -0.263. The van der Waals surface area contributed by atoms with Gasteiger partial charge < -0.3 is 15.0 Å². The summed E-state index contributed by atoms with van der Waals surface area (Å²) >= 11 is 0. The van der Waals surface area contributed by atoms with Crippen molar-refractivity contribution in [3.63, 3.8) is 0 Å². The fourth-order valence-corrected chi connectivity index (χ4v) is 3.89. The number of nitrogens with one attached hydrogen (secondary N) is 1. The second-order valence-electron chi connectivity index (χ2n) is 6.46. The van der Waals surface area contributed by atoms with Gasteiger partial charge in [0, 0.05) is 38.3 Å². The van der Waals surface area contributed by atoms with E-state index in [1.807, 2.05) is 11.9 Å². The van der Waals surface area contributed by atoms with E-state index < -0.39 is 0 Å². The summed E-state index contributed by atoms with van der Waals surface area (Å²) in [5.74, 6) is 0.175. The van der Waals surface area contributed by atoms with Crippen LogP contribution >= 0.6 is 0 Å². The van der Waals surface area contributed by atoms with Crippen molar-refractivity contribution < 1.29 is 9.53 Å². The Morgan fingerprint density at radius 1 is 1.35 bits per heavy atom. The van der Waals surface area contributed by atoms with Gasteiger partial charge in [0.1, 0.15) is 6.10 Å². The molecule has 0 saturated carbocycles. The van der Waals surface area contributed by atoms with Gasteiger partial charge in [0.15, 0.2) is 0 Å². The third kappa shape index (κ3) is 2.85. The Balaban J connectivity index is 1.58. The lowest BCUT2D eigenvalue weighted by molar-refractivity contribution is -0.150. The molecule has 0 spiro atoms. The van der Waals surface area contributed by atoms with Crippen molar-refractivity contribution in [1.29, 1.82) is 0 Å². The fourth-order valence-electron chi connectivity index (χ4n) is 3.89. The van der Waals surface area contributed by atoms with Gasteiger partial charge in [-0.05, 0) is 32.2 Å². The van der Waals surface area contributed by atoms with Crippen molar-refractivity contribution in [1.82, 2.24) is 15.1 Å². The van der Waals surface area contributed by atoms with Crippen LogP contribution in [0.4, 0.5) is 0 Å². The van der Waals surface area contributed by atoms with Crippen LogP contribution in [-0.2, 0) is 9.53 Å². The second kappa shape index (κ2) is 6.00. The first-order valence-corrected chi connectivity index (χ1v) is 8.04. The van der Waals surface area contributed by atoms with Crippen LogP contribution in [-0.4, -0.2) is 73.2 Å². The minimum Gasteiger partial charge on any atom is -0.366 e. The van der Waals surface area contributed by atoms with Crippen LogP contribution < -0.4 is 5.32 Å². The highest BCUT2D eigenvalue weighted by Crippen LogP contribution is 2.29. The molecule has 3 atom stereocenters. The van der Waals surface area contributed by atoms with Crippen LogP contribution in [0.1, 0.15) is 32.6 Å². The summed E-state index contributed by atoms with van der Waals surface area (Å²) in [6.07, 6.45) is 4.48. The van der Waals surface area contributed by atoms with E-state index in [4.69, 9.17) is 4.74 Å². The first-order chi connectivity index (χ1) is 9.67. The predicted octanol–water partition coefficient (Wildman–Crippen LogP) is 0.449. The van der Waals surface area contributed by atoms with Crippen molar-refractivity contribution >= 4 is 5.91 Å². The van der Waals surface area contributed by atoms with Gasteiger partial charge in [-0.2, -0.15) is 0 Å². The van der Waals surface area contributed by atoms with Gasteiger partial charge in [-0.3, -0.25) is 9.69 Å². The monoisotopic (exact) mass is 281 g/mol. The maximum absolute atomic E-state index is 12.6. The number of fused-ring (bicyclic) bond motifs is 2. The highest BCUT2D eigenvalue weighted by molar-refractivity contribution is 5.81. The van der Waals surface area contributed by atoms with Crippen molar-refractivity contribution in [2.45, 2.75) is 56.8 Å². The number of rotatable bonds is 3. The Morgan fingerprint density at radius 2 is 2.05 bits per heavy atom. The summed E-state index contributed by atoms with van der Waals surface area (Å²) in [6.45, 7) is 5.50. The summed E-state index contributed by atoms with van der Waals surface area (Å²) < 4.78 is 5.70. The van der Waals surface area contributed by atoms with Gasteiger partial charge >= 0.3 is 0 Å². The molecule has 0 radical (unpaired) electrons. The zero-order valence-corrected chi connectivity index (χ0v) is 12.7. The Morgan fingerprint density at radius 3 is 2.70 bits per heavy atom. The quantitative estimate of drug-likeness (QED) is 0.816. The molecule has 1 N–H and O–H groups in total. The van der Waals surface area contributed by atoms with Crippen LogP contribution in [0.5, 0.6) is 0 Å². The number of piperidine rings is 1. The van der Waals surface area contributed by atoms with Gasteiger partial charge in [-0.25, -0.2) is 0 Å². The van der Waals surface area contributed by atoms with Gasteiger partial charge in [0.25, 0.3) is 5.91 Å². The zero-order valence-electron chi connectivity index (χ0n) is 12.7. The van der Waals surface area contributed by atoms with Crippen LogP contribution in [0.3, 0.4) is 0 Å². The molecule has 3 aliphatic rings. The number of ether oxygens (including phenoxy) is 1. The van der Waals surface area contributed by atoms with Crippen molar-refractivity contribution in [3.05, 3.63) is 0 Å². The highest BCUT2D eigenvalue weighted by Gasteiger charge is 2.38. The van der Waals surface area contributed by atoms with Gasteiger partial charge in [0.05, 0.1) is 6.61 Å². The first kappa shape index (κ1) is 14.3. The molecule has 0 aromatic rings. The molecule has 5 nitrogen and oxygen atoms in total. The van der Waals surface area contributed by atoms with E-state index in [-0.39, 0.29) is 12.0 Å². The lowest BCUT2D eigenvalue weighted by atomic mass is 9.98. The number of amides is 1. The molecule has 20 heavy (non-hydrogen) atoms. The number of carbonyl (C=O) groups excluding carboxylic acids is 1. The van der Waals surface area contributed by atoms with Crippen molar-refractivity contribution in [2.75, 3.05) is 33.3 Å². The Hall–Kier alpha value is -0.650. The molecule has 1 amide bonds. The first-order valence-electron chi connectivity index (χ1n) is 8.04. The average molecular weight is 281 g/mol. The molecule has 3 saturated heterocycles. The molecule has 0 aliphatic carbocycles. The molecule has 3 unspecified atom stereocenters.